The second-order valence-electron chi connectivity index (χ2n) is 3.10. The average Bonchev–Trinajstić information content (AvgIpc) is 2.30. The predicted octanol–water partition coefficient (Wildman–Crippen LogP) is 1.93. The van der Waals surface area contributed by atoms with E-state index in [1.807, 2.05) is 0 Å². The molecule has 0 aliphatic heterocycles. The lowest BCUT2D eigenvalue weighted by Gasteiger charge is -2.03. The van der Waals surface area contributed by atoms with Crippen molar-refractivity contribution in [1.29, 1.82) is 0 Å². The molecule has 0 fully saturated rings. The highest BCUT2D eigenvalue weighted by molar-refractivity contribution is 5.40. The zero-order valence-corrected chi connectivity index (χ0v) is 9.23. The molecule has 0 saturated heterocycles. The minimum absolute atomic E-state index is 0.0504. The van der Waals surface area contributed by atoms with Crippen LogP contribution in [0.4, 0.5) is 8.78 Å². The maximum atomic E-state index is 13.4. The maximum absolute atomic E-state index is 13.4. The molecule has 86 valence electrons. The first kappa shape index (κ1) is 12.5. The average molecular weight is 225 g/mol. The van der Waals surface area contributed by atoms with Gasteiger partial charge in [0.1, 0.15) is 0 Å². The van der Waals surface area contributed by atoms with E-state index in [1.165, 1.54) is 19.2 Å². The van der Waals surface area contributed by atoms with Gasteiger partial charge in [-0.3, -0.25) is 0 Å². The minimum Gasteiger partial charge on any atom is -0.494 e. The van der Waals surface area contributed by atoms with Gasteiger partial charge in [-0.2, -0.15) is 4.39 Å². The molecule has 1 aromatic rings. The molecule has 1 rings (SSSR count). The van der Waals surface area contributed by atoms with Crippen LogP contribution in [-0.4, -0.2) is 20.7 Å². The lowest BCUT2D eigenvalue weighted by molar-refractivity contribution is 0.371. The highest BCUT2D eigenvalue weighted by Gasteiger charge is 2.11. The van der Waals surface area contributed by atoms with Crippen LogP contribution in [0.15, 0.2) is 12.1 Å². The van der Waals surface area contributed by atoms with E-state index < -0.39 is 11.6 Å². The Hall–Kier alpha value is -1.60. The van der Waals surface area contributed by atoms with Gasteiger partial charge < -0.3 is 10.1 Å². The van der Waals surface area contributed by atoms with Crippen molar-refractivity contribution in [3.63, 3.8) is 0 Å². The van der Waals surface area contributed by atoms with Crippen molar-refractivity contribution >= 4 is 0 Å². The second-order valence-corrected chi connectivity index (χ2v) is 3.10. The third kappa shape index (κ3) is 2.94. The Bertz CT molecular complexity index is 421. The van der Waals surface area contributed by atoms with Crippen LogP contribution in [-0.2, 0) is 0 Å². The number of rotatable bonds is 3. The molecule has 16 heavy (non-hydrogen) atoms. The largest absolute Gasteiger partial charge is 0.494 e. The van der Waals surface area contributed by atoms with Gasteiger partial charge in [0.25, 0.3) is 0 Å². The maximum Gasteiger partial charge on any atom is 0.201 e. The molecule has 0 saturated carbocycles. The zero-order valence-electron chi connectivity index (χ0n) is 9.23. The van der Waals surface area contributed by atoms with E-state index in [0.29, 0.717) is 13.0 Å². The van der Waals surface area contributed by atoms with Crippen LogP contribution in [0.3, 0.4) is 0 Å². The summed E-state index contributed by atoms with van der Waals surface area (Å²) in [5, 5.41) is 2.91. The van der Waals surface area contributed by atoms with E-state index in [-0.39, 0.29) is 11.3 Å². The number of nitrogens with one attached hydrogen (secondary N) is 1. The molecule has 0 unspecified atom stereocenters. The van der Waals surface area contributed by atoms with E-state index in [4.69, 9.17) is 0 Å². The number of benzene rings is 1. The summed E-state index contributed by atoms with van der Waals surface area (Å²) in [6, 6.07) is 2.77. The standard InChI is InChI=1S/C12H13F2NO/c1-15-8-4-3-5-9-6-7-10(16-2)12(14)11(9)13/h6-7,15H,4,8H2,1-2H3. The quantitative estimate of drug-likeness (QED) is 0.627. The molecule has 0 heterocycles. The van der Waals surface area contributed by atoms with Gasteiger partial charge in [0.05, 0.1) is 12.7 Å². The number of methoxy groups -OCH3 is 1. The third-order valence-electron chi connectivity index (χ3n) is 1.99. The van der Waals surface area contributed by atoms with Gasteiger partial charge in [-0.1, -0.05) is 11.8 Å². The van der Waals surface area contributed by atoms with Gasteiger partial charge in [0.15, 0.2) is 11.6 Å². The molecule has 0 spiro atoms. The number of ether oxygens (including phenoxy) is 1. The van der Waals surface area contributed by atoms with Crippen molar-refractivity contribution in [2.24, 2.45) is 0 Å². The van der Waals surface area contributed by atoms with Crippen molar-refractivity contribution < 1.29 is 13.5 Å². The Morgan fingerprint density at radius 3 is 2.69 bits per heavy atom. The Balaban J connectivity index is 2.89. The van der Waals surface area contributed by atoms with Crippen LogP contribution in [0.2, 0.25) is 0 Å². The predicted molar refractivity (Wildman–Crippen MR) is 58.3 cm³/mol. The number of halogens is 2. The first-order valence-electron chi connectivity index (χ1n) is 4.86. The molecule has 0 atom stereocenters. The van der Waals surface area contributed by atoms with Crippen LogP contribution in [0.1, 0.15) is 12.0 Å². The highest BCUT2D eigenvalue weighted by Crippen LogP contribution is 2.21. The van der Waals surface area contributed by atoms with Gasteiger partial charge in [0.2, 0.25) is 5.82 Å². The van der Waals surface area contributed by atoms with E-state index in [0.717, 1.165) is 0 Å². The van der Waals surface area contributed by atoms with Crippen LogP contribution in [0.25, 0.3) is 0 Å². The van der Waals surface area contributed by atoms with Crippen LogP contribution < -0.4 is 10.1 Å². The van der Waals surface area contributed by atoms with Crippen molar-refractivity contribution in [3.8, 4) is 17.6 Å². The molecular formula is C12H13F2NO. The minimum atomic E-state index is -0.997. The third-order valence-corrected chi connectivity index (χ3v) is 1.99. The fourth-order valence-electron chi connectivity index (χ4n) is 1.13. The van der Waals surface area contributed by atoms with Gasteiger partial charge in [-0.15, -0.1) is 0 Å². The summed E-state index contributed by atoms with van der Waals surface area (Å²) in [5.41, 5.74) is 0.0504. The monoisotopic (exact) mass is 225 g/mol. The summed E-state index contributed by atoms with van der Waals surface area (Å²) in [6.07, 6.45) is 0.587. The van der Waals surface area contributed by atoms with E-state index >= 15 is 0 Å². The fourth-order valence-corrected chi connectivity index (χ4v) is 1.13. The van der Waals surface area contributed by atoms with E-state index in [1.54, 1.807) is 7.05 Å². The molecule has 2 nitrogen and oxygen atoms in total. The molecule has 0 aromatic heterocycles. The van der Waals surface area contributed by atoms with Crippen molar-refractivity contribution in [2.45, 2.75) is 6.42 Å². The Kier molecular flexibility index (Phi) is 4.74. The second kappa shape index (κ2) is 6.09. The van der Waals surface area contributed by atoms with Gasteiger partial charge in [-0.25, -0.2) is 4.39 Å². The van der Waals surface area contributed by atoms with Gasteiger partial charge in [0, 0.05) is 13.0 Å². The molecule has 0 radical (unpaired) electrons. The summed E-state index contributed by atoms with van der Waals surface area (Å²) >= 11 is 0. The summed E-state index contributed by atoms with van der Waals surface area (Å²) in [5.74, 6) is 3.26. The Morgan fingerprint density at radius 2 is 2.06 bits per heavy atom. The topological polar surface area (TPSA) is 21.3 Å². The molecular weight excluding hydrogens is 212 g/mol. The number of hydrogen-bond acceptors (Lipinski definition) is 2. The molecule has 1 N–H and O–H groups in total. The van der Waals surface area contributed by atoms with Crippen LogP contribution in [0.5, 0.6) is 5.75 Å². The summed E-state index contributed by atoms with van der Waals surface area (Å²) in [6.45, 7) is 0.716. The smallest absolute Gasteiger partial charge is 0.201 e. The normalized spacial score (nSPS) is 9.50. The number of hydrogen-bond donors (Lipinski definition) is 1. The first-order chi connectivity index (χ1) is 7.70. The van der Waals surface area contributed by atoms with E-state index in [2.05, 4.69) is 21.9 Å². The summed E-state index contributed by atoms with van der Waals surface area (Å²) < 4.78 is 31.3. The van der Waals surface area contributed by atoms with Crippen LogP contribution in [0, 0.1) is 23.5 Å². The van der Waals surface area contributed by atoms with Gasteiger partial charge in [-0.05, 0) is 19.2 Å². The molecule has 0 amide bonds. The van der Waals surface area contributed by atoms with Crippen molar-refractivity contribution in [1.82, 2.24) is 5.32 Å². The lowest BCUT2D eigenvalue weighted by Crippen LogP contribution is -2.05. The first-order valence-corrected chi connectivity index (χ1v) is 4.86. The molecule has 0 aliphatic carbocycles. The summed E-state index contributed by atoms with van der Waals surface area (Å²) in [7, 11) is 3.09. The highest BCUT2D eigenvalue weighted by atomic mass is 19.2. The Labute approximate surface area is 93.6 Å². The van der Waals surface area contributed by atoms with E-state index in [9.17, 15) is 8.78 Å². The molecule has 0 aliphatic rings. The van der Waals surface area contributed by atoms with Gasteiger partial charge >= 0.3 is 0 Å². The summed E-state index contributed by atoms with van der Waals surface area (Å²) in [4.78, 5) is 0. The van der Waals surface area contributed by atoms with Crippen molar-refractivity contribution in [2.75, 3.05) is 20.7 Å². The van der Waals surface area contributed by atoms with Crippen molar-refractivity contribution in [3.05, 3.63) is 29.3 Å². The Morgan fingerprint density at radius 1 is 1.31 bits per heavy atom. The molecule has 1 aromatic carbocycles. The SMILES string of the molecule is CNCCC#Cc1ccc(OC)c(F)c1F. The molecule has 4 heteroatoms. The van der Waals surface area contributed by atoms with Crippen LogP contribution >= 0.6 is 0 Å². The fraction of sp³-hybridized carbons (Fsp3) is 0.333. The lowest BCUT2D eigenvalue weighted by atomic mass is 10.2. The molecule has 0 bridgehead atoms. The zero-order chi connectivity index (χ0) is 12.0.